The van der Waals surface area contributed by atoms with Crippen LogP contribution < -0.4 is 0 Å². The third-order valence-electron chi connectivity index (χ3n) is 3.95. The zero-order valence-corrected chi connectivity index (χ0v) is 14.9. The second-order valence-corrected chi connectivity index (χ2v) is 5.40. The zero-order valence-electron chi connectivity index (χ0n) is 12.5. The van der Waals surface area contributed by atoms with Gasteiger partial charge in [-0.15, -0.1) is 35.9 Å². The maximum Gasteiger partial charge on any atom is 0.0155 e. The van der Waals surface area contributed by atoms with Crippen molar-refractivity contribution < 1.29 is 20.1 Å². The monoisotopic (exact) mass is 453 g/mol. The van der Waals surface area contributed by atoms with Crippen LogP contribution in [0.15, 0.2) is 59.2 Å². The van der Waals surface area contributed by atoms with Crippen molar-refractivity contribution in [2.75, 3.05) is 0 Å². The number of benzene rings is 2. The largest absolute Gasteiger partial charge is 0.308 e. The quantitative estimate of drug-likeness (QED) is 0.591. The van der Waals surface area contributed by atoms with Gasteiger partial charge in [-0.2, -0.15) is 0 Å². The standard InChI is InChI=1S/C19H18N.Ir/c1-13-8-7-9-14(2)17(13)18-15(3)12-20-19(18)16-10-5-4-6-11-16;/h4-10,12,18H,1-3H3;/q-1;. The minimum atomic E-state index is 0. The number of hydrogen-bond donors (Lipinski definition) is 0. The molecule has 0 N–H and O–H groups in total. The number of hydrogen-bond acceptors (Lipinski definition) is 1. The maximum absolute atomic E-state index is 4.65. The average Bonchev–Trinajstić information content (AvgIpc) is 2.82. The van der Waals surface area contributed by atoms with Gasteiger partial charge in [0, 0.05) is 32.2 Å². The van der Waals surface area contributed by atoms with Crippen molar-refractivity contribution >= 4 is 5.71 Å². The van der Waals surface area contributed by atoms with Gasteiger partial charge >= 0.3 is 0 Å². The Bertz CT molecular complexity index is 679. The van der Waals surface area contributed by atoms with Gasteiger partial charge in [-0.3, -0.25) is 0 Å². The number of rotatable bonds is 2. The fourth-order valence-corrected chi connectivity index (χ4v) is 2.96. The minimum absolute atomic E-state index is 0. The van der Waals surface area contributed by atoms with Crippen molar-refractivity contribution in [1.82, 2.24) is 0 Å². The van der Waals surface area contributed by atoms with Gasteiger partial charge in [0.15, 0.2) is 0 Å². The molecule has 1 heterocycles. The number of aliphatic imine (C=N–C) groups is 1. The van der Waals surface area contributed by atoms with Crippen molar-refractivity contribution in [2.45, 2.75) is 26.7 Å². The summed E-state index contributed by atoms with van der Waals surface area (Å²) in [6.45, 7) is 6.52. The Morgan fingerprint density at radius 1 is 0.952 bits per heavy atom. The fourth-order valence-electron chi connectivity index (χ4n) is 2.96. The van der Waals surface area contributed by atoms with Crippen LogP contribution in [0.1, 0.15) is 35.1 Å². The van der Waals surface area contributed by atoms with Gasteiger partial charge in [-0.25, -0.2) is 0 Å². The van der Waals surface area contributed by atoms with Crippen LogP contribution in [0.5, 0.6) is 0 Å². The molecular formula is C19H18IrN-. The van der Waals surface area contributed by atoms with Crippen LogP contribution in [0.25, 0.3) is 0 Å². The van der Waals surface area contributed by atoms with E-state index in [-0.39, 0.29) is 26.0 Å². The van der Waals surface area contributed by atoms with Crippen LogP contribution in [0.3, 0.4) is 0 Å². The van der Waals surface area contributed by atoms with Crippen LogP contribution in [0, 0.1) is 19.9 Å². The zero-order chi connectivity index (χ0) is 14.1. The van der Waals surface area contributed by atoms with E-state index in [1.54, 1.807) is 0 Å². The first-order valence-corrected chi connectivity index (χ1v) is 6.96. The van der Waals surface area contributed by atoms with Crippen LogP contribution in [0.4, 0.5) is 0 Å². The SMILES string of the molecule is CC1=CN=C(c2[c-]cccc2)C1c1c(C)cccc1C.[Ir]. The van der Waals surface area contributed by atoms with E-state index in [1.807, 2.05) is 24.4 Å². The summed E-state index contributed by atoms with van der Waals surface area (Å²) in [6, 6.07) is 17.9. The molecule has 2 heteroatoms. The van der Waals surface area contributed by atoms with E-state index in [0.29, 0.717) is 0 Å². The molecule has 0 aliphatic carbocycles. The van der Waals surface area contributed by atoms with Crippen molar-refractivity contribution in [1.29, 1.82) is 0 Å². The van der Waals surface area contributed by atoms with Crippen molar-refractivity contribution in [3.05, 3.63) is 82.6 Å². The molecule has 1 nitrogen and oxygen atoms in total. The minimum Gasteiger partial charge on any atom is -0.308 e. The first-order chi connectivity index (χ1) is 9.68. The van der Waals surface area contributed by atoms with Crippen molar-refractivity contribution in [3.63, 3.8) is 0 Å². The Labute approximate surface area is 140 Å². The Kier molecular flexibility index (Phi) is 4.92. The molecule has 0 saturated heterocycles. The molecule has 1 radical (unpaired) electrons. The number of aryl methyl sites for hydroxylation is 2. The maximum atomic E-state index is 4.65. The van der Waals surface area contributed by atoms with E-state index in [9.17, 15) is 0 Å². The molecule has 0 amide bonds. The number of nitrogens with zero attached hydrogens (tertiary/aromatic N) is 1. The molecule has 0 bridgehead atoms. The third kappa shape index (κ3) is 2.92. The second kappa shape index (κ2) is 6.51. The van der Waals surface area contributed by atoms with E-state index < -0.39 is 0 Å². The summed E-state index contributed by atoms with van der Waals surface area (Å²) in [5.41, 5.74) is 7.54. The number of allylic oxidation sites excluding steroid dienone is 1. The van der Waals surface area contributed by atoms with E-state index in [4.69, 9.17) is 0 Å². The molecule has 1 aliphatic rings. The smallest absolute Gasteiger partial charge is 0.0155 e. The van der Waals surface area contributed by atoms with Gasteiger partial charge < -0.3 is 4.99 Å². The van der Waals surface area contributed by atoms with Gasteiger partial charge in [0.1, 0.15) is 0 Å². The molecule has 1 atom stereocenters. The van der Waals surface area contributed by atoms with Gasteiger partial charge in [-0.1, -0.05) is 23.8 Å². The molecule has 1 aliphatic heterocycles. The molecule has 0 saturated carbocycles. The van der Waals surface area contributed by atoms with E-state index in [1.165, 1.54) is 22.3 Å². The topological polar surface area (TPSA) is 12.4 Å². The second-order valence-electron chi connectivity index (χ2n) is 5.40. The third-order valence-corrected chi connectivity index (χ3v) is 3.95. The summed E-state index contributed by atoms with van der Waals surface area (Å²) in [5, 5.41) is 0. The van der Waals surface area contributed by atoms with Crippen LogP contribution >= 0.6 is 0 Å². The predicted octanol–water partition coefficient (Wildman–Crippen LogP) is 4.59. The van der Waals surface area contributed by atoms with E-state index in [0.717, 1.165) is 11.3 Å². The molecule has 2 aromatic rings. The van der Waals surface area contributed by atoms with Gasteiger partial charge in [0.2, 0.25) is 0 Å². The molecule has 109 valence electrons. The molecule has 2 aromatic carbocycles. The van der Waals surface area contributed by atoms with Crippen molar-refractivity contribution in [2.24, 2.45) is 4.99 Å². The Balaban J connectivity index is 0.00000161. The molecule has 0 aromatic heterocycles. The summed E-state index contributed by atoms with van der Waals surface area (Å²) in [7, 11) is 0. The summed E-state index contributed by atoms with van der Waals surface area (Å²) in [4.78, 5) is 4.65. The first-order valence-electron chi connectivity index (χ1n) is 6.96. The first kappa shape index (κ1) is 15.9. The van der Waals surface area contributed by atoms with Gasteiger partial charge in [-0.05, 0) is 43.2 Å². The molecule has 3 rings (SSSR count). The Hall–Kier alpha value is -1.50. The summed E-state index contributed by atoms with van der Waals surface area (Å²) < 4.78 is 0. The Morgan fingerprint density at radius 3 is 2.29 bits per heavy atom. The molecule has 21 heavy (non-hydrogen) atoms. The van der Waals surface area contributed by atoms with Gasteiger partial charge in [0.05, 0.1) is 0 Å². The molecule has 0 spiro atoms. The Morgan fingerprint density at radius 2 is 1.67 bits per heavy atom. The summed E-state index contributed by atoms with van der Waals surface area (Å²) >= 11 is 0. The summed E-state index contributed by atoms with van der Waals surface area (Å²) in [6.07, 6.45) is 1.99. The van der Waals surface area contributed by atoms with Gasteiger partial charge in [0.25, 0.3) is 0 Å². The van der Waals surface area contributed by atoms with E-state index >= 15 is 0 Å². The van der Waals surface area contributed by atoms with Crippen LogP contribution in [0.2, 0.25) is 0 Å². The van der Waals surface area contributed by atoms with Crippen molar-refractivity contribution in [3.8, 4) is 0 Å². The molecule has 1 unspecified atom stereocenters. The van der Waals surface area contributed by atoms with Crippen LogP contribution in [-0.2, 0) is 20.1 Å². The van der Waals surface area contributed by atoms with E-state index in [2.05, 4.69) is 56.1 Å². The predicted molar refractivity (Wildman–Crippen MR) is 84.2 cm³/mol. The normalized spacial score (nSPS) is 17.0. The average molecular weight is 453 g/mol. The molecule has 0 fully saturated rings. The summed E-state index contributed by atoms with van der Waals surface area (Å²) in [5.74, 6) is 0.259. The molecular weight excluding hydrogens is 434 g/mol. The van der Waals surface area contributed by atoms with Crippen LogP contribution in [-0.4, -0.2) is 5.71 Å². The fraction of sp³-hybridized carbons (Fsp3) is 0.211.